The molecule has 1 aliphatic rings. The molecule has 0 aliphatic carbocycles. The zero-order valence-corrected chi connectivity index (χ0v) is 19.7. The summed E-state index contributed by atoms with van der Waals surface area (Å²) in [5, 5.41) is 5.90. The summed E-state index contributed by atoms with van der Waals surface area (Å²) in [5.41, 5.74) is 3.15. The van der Waals surface area contributed by atoms with Crippen LogP contribution < -0.4 is 9.47 Å². The van der Waals surface area contributed by atoms with Crippen molar-refractivity contribution >= 4 is 28.7 Å². The summed E-state index contributed by atoms with van der Waals surface area (Å²) in [4.78, 5) is 25.7. The van der Waals surface area contributed by atoms with Crippen molar-refractivity contribution in [1.29, 1.82) is 0 Å². The summed E-state index contributed by atoms with van der Waals surface area (Å²) in [7, 11) is 5.15. The Kier molecular flexibility index (Phi) is 6.80. The number of thioether (sulfide) groups is 1. The molecule has 0 unspecified atom stereocenters. The number of aromatic nitrogens is 4. The summed E-state index contributed by atoms with van der Waals surface area (Å²) < 4.78 is 12.5. The number of amides is 1. The molecule has 0 N–H and O–H groups in total. The van der Waals surface area contributed by atoms with Gasteiger partial charge in [-0.05, 0) is 30.2 Å². The fourth-order valence-corrected chi connectivity index (χ4v) is 4.73. The number of hydrogen-bond acceptors (Lipinski definition) is 8. The van der Waals surface area contributed by atoms with E-state index in [9.17, 15) is 4.79 Å². The Balaban J connectivity index is 1.31. The lowest BCUT2D eigenvalue weighted by Crippen LogP contribution is -2.48. The van der Waals surface area contributed by atoms with Gasteiger partial charge in [0.25, 0.3) is 0 Å². The third-order valence-corrected chi connectivity index (χ3v) is 6.78. The number of aryl methyl sites for hydroxylation is 2. The number of nitrogens with zero attached hydrogens (tertiary/aromatic N) is 6. The summed E-state index contributed by atoms with van der Waals surface area (Å²) in [6, 6.07) is 4.06. The van der Waals surface area contributed by atoms with Crippen molar-refractivity contribution in [1.82, 2.24) is 29.5 Å². The first-order valence-corrected chi connectivity index (χ1v) is 11.5. The number of ether oxygens (including phenoxy) is 2. The van der Waals surface area contributed by atoms with Crippen LogP contribution in [0.5, 0.6) is 11.5 Å². The maximum atomic E-state index is 12.8. The van der Waals surface area contributed by atoms with Crippen molar-refractivity contribution in [3.63, 3.8) is 0 Å². The Morgan fingerprint density at radius 2 is 1.81 bits per heavy atom. The average Bonchev–Trinajstić information content (AvgIpc) is 3.20. The van der Waals surface area contributed by atoms with Gasteiger partial charge in [0.2, 0.25) is 5.91 Å². The van der Waals surface area contributed by atoms with Gasteiger partial charge in [-0.15, -0.1) is 0 Å². The molecule has 4 rings (SSSR count). The largest absolute Gasteiger partial charge is 0.493 e. The highest BCUT2D eigenvalue weighted by atomic mass is 32.2. The number of hydrogen-bond donors (Lipinski definition) is 0. The number of methoxy groups -OCH3 is 2. The van der Waals surface area contributed by atoms with Gasteiger partial charge in [0.15, 0.2) is 17.1 Å². The van der Waals surface area contributed by atoms with Gasteiger partial charge >= 0.3 is 0 Å². The predicted octanol–water partition coefficient (Wildman–Crippen LogP) is 2.13. The van der Waals surface area contributed by atoms with E-state index in [0.717, 1.165) is 60.3 Å². The number of fused-ring (bicyclic) bond motifs is 1. The molecule has 0 atom stereocenters. The van der Waals surface area contributed by atoms with Crippen LogP contribution in [0.1, 0.15) is 11.1 Å². The van der Waals surface area contributed by atoms with E-state index < -0.39 is 0 Å². The van der Waals surface area contributed by atoms with E-state index in [1.54, 1.807) is 25.1 Å². The molecule has 1 amide bonds. The fraction of sp³-hybridized carbons (Fsp3) is 0.455. The second-order valence-corrected chi connectivity index (χ2v) is 8.73. The molecule has 0 bridgehead atoms. The molecule has 0 spiro atoms. The van der Waals surface area contributed by atoms with Crippen LogP contribution in [-0.4, -0.2) is 81.6 Å². The zero-order valence-electron chi connectivity index (χ0n) is 18.9. The van der Waals surface area contributed by atoms with Gasteiger partial charge in [-0.1, -0.05) is 11.8 Å². The van der Waals surface area contributed by atoms with E-state index in [1.165, 1.54) is 29.2 Å². The minimum Gasteiger partial charge on any atom is -0.493 e. The second kappa shape index (κ2) is 9.74. The van der Waals surface area contributed by atoms with Crippen molar-refractivity contribution in [2.24, 2.45) is 7.05 Å². The first kappa shape index (κ1) is 22.3. The Bertz CT molecular complexity index is 1110. The minimum absolute atomic E-state index is 0.132. The van der Waals surface area contributed by atoms with Gasteiger partial charge in [-0.2, -0.15) is 5.10 Å². The lowest BCUT2D eigenvalue weighted by atomic mass is 10.1. The van der Waals surface area contributed by atoms with E-state index in [1.807, 2.05) is 24.1 Å². The molecular formula is C22H28N6O3S. The molecule has 0 radical (unpaired) electrons. The van der Waals surface area contributed by atoms with Crippen LogP contribution in [0.3, 0.4) is 0 Å². The quantitative estimate of drug-likeness (QED) is 0.395. The van der Waals surface area contributed by atoms with E-state index in [0.29, 0.717) is 5.75 Å². The van der Waals surface area contributed by atoms with Crippen LogP contribution in [0.4, 0.5) is 0 Å². The van der Waals surface area contributed by atoms with E-state index in [2.05, 4.69) is 26.9 Å². The van der Waals surface area contributed by atoms with Crippen LogP contribution in [0.15, 0.2) is 29.7 Å². The molecule has 32 heavy (non-hydrogen) atoms. The molecule has 1 saturated heterocycles. The van der Waals surface area contributed by atoms with Gasteiger partial charge in [-0.25, -0.2) is 9.97 Å². The van der Waals surface area contributed by atoms with Crippen molar-refractivity contribution in [3.8, 4) is 11.5 Å². The molecule has 9 nitrogen and oxygen atoms in total. The molecule has 3 aromatic rings. The molecule has 1 aromatic carbocycles. The molecule has 1 aliphatic heterocycles. The van der Waals surface area contributed by atoms with Crippen molar-refractivity contribution < 1.29 is 14.3 Å². The number of carbonyl (C=O) groups is 1. The van der Waals surface area contributed by atoms with Gasteiger partial charge in [-0.3, -0.25) is 14.4 Å². The number of rotatable bonds is 7. The predicted molar refractivity (Wildman–Crippen MR) is 123 cm³/mol. The molecular weight excluding hydrogens is 428 g/mol. The Labute approximate surface area is 191 Å². The first-order valence-electron chi connectivity index (χ1n) is 10.5. The third kappa shape index (κ3) is 4.66. The van der Waals surface area contributed by atoms with Crippen LogP contribution >= 0.6 is 11.8 Å². The first-order chi connectivity index (χ1) is 15.5. The second-order valence-electron chi connectivity index (χ2n) is 7.76. The summed E-state index contributed by atoms with van der Waals surface area (Å²) in [6.07, 6.45) is 3.27. The summed E-state index contributed by atoms with van der Waals surface area (Å²) >= 11 is 1.44. The maximum absolute atomic E-state index is 12.8. The molecule has 10 heteroatoms. The van der Waals surface area contributed by atoms with Crippen LogP contribution in [0, 0.1) is 6.92 Å². The molecule has 0 saturated carbocycles. The molecule has 2 aromatic heterocycles. The smallest absolute Gasteiger partial charge is 0.233 e. The normalized spacial score (nSPS) is 14.7. The summed E-state index contributed by atoms with van der Waals surface area (Å²) in [5.74, 6) is 1.98. The minimum atomic E-state index is 0.132. The van der Waals surface area contributed by atoms with Gasteiger partial charge in [0, 0.05) is 39.8 Å². The van der Waals surface area contributed by atoms with Crippen LogP contribution in [0.25, 0.3) is 11.0 Å². The number of piperazine rings is 1. The lowest BCUT2D eigenvalue weighted by Gasteiger charge is -2.35. The molecule has 170 valence electrons. The highest BCUT2D eigenvalue weighted by molar-refractivity contribution is 8.00. The number of benzene rings is 1. The number of carbonyl (C=O) groups excluding carboxylic acids is 1. The van der Waals surface area contributed by atoms with E-state index >= 15 is 0 Å². The molecule has 1 fully saturated rings. The van der Waals surface area contributed by atoms with Crippen LogP contribution in [-0.2, 0) is 18.4 Å². The Morgan fingerprint density at radius 1 is 1.09 bits per heavy atom. The van der Waals surface area contributed by atoms with Gasteiger partial charge < -0.3 is 14.4 Å². The topological polar surface area (TPSA) is 85.6 Å². The van der Waals surface area contributed by atoms with Gasteiger partial charge in [0.1, 0.15) is 11.4 Å². The fourth-order valence-electron chi connectivity index (χ4n) is 3.87. The lowest BCUT2D eigenvalue weighted by molar-refractivity contribution is -0.130. The Hall–Kier alpha value is -2.85. The van der Waals surface area contributed by atoms with Crippen molar-refractivity contribution in [3.05, 3.63) is 35.8 Å². The SMILES string of the molecule is COc1cc(C)c(CN2CCN(C(=O)CSc3ncnc4c3cnn4C)CC2)cc1OC. The average molecular weight is 457 g/mol. The maximum Gasteiger partial charge on any atom is 0.233 e. The molecule has 3 heterocycles. The van der Waals surface area contributed by atoms with Crippen LogP contribution in [0.2, 0.25) is 0 Å². The highest BCUT2D eigenvalue weighted by Gasteiger charge is 2.22. The highest BCUT2D eigenvalue weighted by Crippen LogP contribution is 2.31. The summed E-state index contributed by atoms with van der Waals surface area (Å²) in [6.45, 7) is 6.02. The van der Waals surface area contributed by atoms with E-state index in [-0.39, 0.29) is 5.91 Å². The monoisotopic (exact) mass is 456 g/mol. The van der Waals surface area contributed by atoms with E-state index in [4.69, 9.17) is 9.47 Å². The standard InChI is InChI=1S/C22H28N6O3S/c1-15-9-18(30-3)19(31-4)10-16(15)12-27-5-7-28(8-6-27)20(29)13-32-22-17-11-25-26(2)21(17)23-14-24-22/h9-11,14H,5-8,12-13H2,1-4H3. The van der Waals surface area contributed by atoms with Crippen molar-refractivity contribution in [2.45, 2.75) is 18.5 Å². The zero-order chi connectivity index (χ0) is 22.7. The van der Waals surface area contributed by atoms with Crippen molar-refractivity contribution in [2.75, 3.05) is 46.2 Å². The van der Waals surface area contributed by atoms with Gasteiger partial charge in [0.05, 0.1) is 31.6 Å². The Morgan fingerprint density at radius 3 is 2.53 bits per heavy atom. The third-order valence-electron chi connectivity index (χ3n) is 5.79.